The molecule has 0 atom stereocenters. The van der Waals surface area contributed by atoms with E-state index < -0.39 is 0 Å². The van der Waals surface area contributed by atoms with Crippen LogP contribution >= 0.6 is 0 Å². The zero-order chi connectivity index (χ0) is 17.7. The van der Waals surface area contributed by atoms with Crippen molar-refractivity contribution >= 4 is 17.1 Å². The first-order chi connectivity index (χ1) is 12.0. The molecule has 2 aromatic heterocycles. The SMILES string of the molecule is Cc1ccccc1CN1CCCn2c1nc1c2c(=O)n(C)c(=O)n1C. The number of imidazole rings is 1. The lowest BCUT2D eigenvalue weighted by atomic mass is 10.1. The summed E-state index contributed by atoms with van der Waals surface area (Å²) in [6.45, 7) is 4.46. The third-order valence-corrected chi connectivity index (χ3v) is 5.04. The van der Waals surface area contributed by atoms with E-state index in [1.807, 2.05) is 16.7 Å². The van der Waals surface area contributed by atoms with Crippen molar-refractivity contribution in [3.8, 4) is 0 Å². The van der Waals surface area contributed by atoms with E-state index in [4.69, 9.17) is 0 Å². The van der Waals surface area contributed by atoms with Crippen LogP contribution in [0.5, 0.6) is 0 Å². The lowest BCUT2D eigenvalue weighted by molar-refractivity contribution is 0.562. The highest BCUT2D eigenvalue weighted by atomic mass is 16.2. The van der Waals surface area contributed by atoms with E-state index in [-0.39, 0.29) is 11.2 Å². The molecule has 0 saturated heterocycles. The molecule has 0 saturated carbocycles. The van der Waals surface area contributed by atoms with Crippen LogP contribution in [0.25, 0.3) is 11.2 Å². The van der Waals surface area contributed by atoms with Crippen molar-refractivity contribution in [2.45, 2.75) is 26.4 Å². The van der Waals surface area contributed by atoms with Gasteiger partial charge in [0.05, 0.1) is 0 Å². The first kappa shape index (κ1) is 15.7. The molecule has 0 fully saturated rings. The molecular formula is C18H21N5O2. The fourth-order valence-corrected chi connectivity index (χ4v) is 3.55. The molecular weight excluding hydrogens is 318 g/mol. The van der Waals surface area contributed by atoms with E-state index in [9.17, 15) is 9.59 Å². The highest BCUT2D eigenvalue weighted by Gasteiger charge is 2.25. The Balaban J connectivity index is 1.89. The third-order valence-electron chi connectivity index (χ3n) is 5.04. The molecule has 0 N–H and O–H groups in total. The number of benzene rings is 1. The van der Waals surface area contributed by atoms with E-state index >= 15 is 0 Å². The molecule has 0 amide bonds. The Kier molecular flexibility index (Phi) is 3.52. The molecule has 7 heteroatoms. The Morgan fingerprint density at radius 2 is 1.84 bits per heavy atom. The number of aromatic nitrogens is 4. The van der Waals surface area contributed by atoms with E-state index in [1.54, 1.807) is 7.05 Å². The number of anilines is 1. The van der Waals surface area contributed by atoms with Crippen LogP contribution < -0.4 is 16.1 Å². The largest absolute Gasteiger partial charge is 0.338 e. The van der Waals surface area contributed by atoms with Gasteiger partial charge in [0, 0.05) is 33.7 Å². The van der Waals surface area contributed by atoms with Crippen LogP contribution in [-0.2, 0) is 27.2 Å². The number of hydrogen-bond acceptors (Lipinski definition) is 4. The van der Waals surface area contributed by atoms with Crippen molar-refractivity contribution in [3.63, 3.8) is 0 Å². The average Bonchev–Trinajstić information content (AvgIpc) is 3.01. The molecule has 3 aromatic rings. The summed E-state index contributed by atoms with van der Waals surface area (Å²) in [5.41, 5.74) is 2.81. The summed E-state index contributed by atoms with van der Waals surface area (Å²) >= 11 is 0. The second-order valence-electron chi connectivity index (χ2n) is 6.64. The quantitative estimate of drug-likeness (QED) is 0.703. The van der Waals surface area contributed by atoms with Gasteiger partial charge in [0.2, 0.25) is 5.95 Å². The van der Waals surface area contributed by atoms with E-state index in [1.165, 1.54) is 22.7 Å². The van der Waals surface area contributed by atoms with Gasteiger partial charge in [-0.05, 0) is 24.5 Å². The Hall–Kier alpha value is -2.83. The van der Waals surface area contributed by atoms with Gasteiger partial charge in [0.15, 0.2) is 11.2 Å². The van der Waals surface area contributed by atoms with Crippen LogP contribution in [0.15, 0.2) is 33.9 Å². The number of rotatable bonds is 2. The van der Waals surface area contributed by atoms with Gasteiger partial charge in [-0.3, -0.25) is 13.9 Å². The van der Waals surface area contributed by atoms with Crippen molar-refractivity contribution in [3.05, 3.63) is 56.2 Å². The minimum absolute atomic E-state index is 0.283. The minimum atomic E-state index is -0.349. The summed E-state index contributed by atoms with van der Waals surface area (Å²) < 4.78 is 4.56. The Morgan fingerprint density at radius 1 is 1.08 bits per heavy atom. The fourth-order valence-electron chi connectivity index (χ4n) is 3.55. The average molecular weight is 339 g/mol. The predicted octanol–water partition coefficient (Wildman–Crippen LogP) is 1.15. The van der Waals surface area contributed by atoms with Crippen molar-refractivity contribution in [2.24, 2.45) is 14.1 Å². The number of nitrogens with zero attached hydrogens (tertiary/aromatic N) is 5. The van der Waals surface area contributed by atoms with E-state index in [2.05, 4.69) is 28.9 Å². The molecule has 25 heavy (non-hydrogen) atoms. The summed E-state index contributed by atoms with van der Waals surface area (Å²) in [5, 5.41) is 0. The van der Waals surface area contributed by atoms with Crippen LogP contribution in [-0.4, -0.2) is 25.2 Å². The molecule has 0 unspecified atom stereocenters. The van der Waals surface area contributed by atoms with Crippen molar-refractivity contribution in [2.75, 3.05) is 11.4 Å². The van der Waals surface area contributed by atoms with Gasteiger partial charge in [-0.1, -0.05) is 24.3 Å². The molecule has 0 spiro atoms. The maximum Gasteiger partial charge on any atom is 0.332 e. The molecule has 3 heterocycles. The fraction of sp³-hybridized carbons (Fsp3) is 0.389. The molecule has 0 aliphatic carbocycles. The van der Waals surface area contributed by atoms with Crippen LogP contribution in [0.1, 0.15) is 17.5 Å². The summed E-state index contributed by atoms with van der Waals surface area (Å²) in [6.07, 6.45) is 0.941. The number of aryl methyl sites for hydroxylation is 3. The van der Waals surface area contributed by atoms with E-state index in [0.717, 1.165) is 36.6 Å². The molecule has 130 valence electrons. The highest BCUT2D eigenvalue weighted by Crippen LogP contribution is 2.26. The van der Waals surface area contributed by atoms with Gasteiger partial charge in [0.1, 0.15) is 0 Å². The zero-order valence-corrected chi connectivity index (χ0v) is 14.7. The Labute approximate surface area is 144 Å². The Morgan fingerprint density at radius 3 is 2.60 bits per heavy atom. The summed E-state index contributed by atoms with van der Waals surface area (Å²) in [4.78, 5) is 31.7. The second-order valence-corrected chi connectivity index (χ2v) is 6.64. The standard InChI is InChI=1S/C18H21N5O2/c1-12-7-4-5-8-13(12)11-22-9-6-10-23-14-15(19-17(22)23)20(2)18(25)21(3)16(14)24/h4-5,7-8H,6,9-11H2,1-3H3. The van der Waals surface area contributed by atoms with Gasteiger partial charge >= 0.3 is 5.69 Å². The first-order valence-electron chi connectivity index (χ1n) is 8.44. The zero-order valence-electron chi connectivity index (χ0n) is 14.7. The van der Waals surface area contributed by atoms with Gasteiger partial charge in [-0.2, -0.15) is 4.98 Å². The van der Waals surface area contributed by atoms with Crippen molar-refractivity contribution < 1.29 is 0 Å². The van der Waals surface area contributed by atoms with Crippen LogP contribution in [0, 0.1) is 6.92 Å². The maximum absolute atomic E-state index is 12.6. The molecule has 1 aliphatic rings. The second kappa shape index (κ2) is 5.61. The first-order valence-corrected chi connectivity index (χ1v) is 8.44. The lowest BCUT2D eigenvalue weighted by Crippen LogP contribution is -2.38. The van der Waals surface area contributed by atoms with Crippen LogP contribution in [0.2, 0.25) is 0 Å². The smallest absolute Gasteiger partial charge is 0.332 e. The molecule has 0 radical (unpaired) electrons. The Bertz CT molecular complexity index is 1090. The molecule has 0 bridgehead atoms. The third kappa shape index (κ3) is 2.30. The summed E-state index contributed by atoms with van der Waals surface area (Å²) in [6, 6.07) is 8.28. The monoisotopic (exact) mass is 339 g/mol. The molecule has 4 rings (SSSR count). The maximum atomic E-state index is 12.6. The van der Waals surface area contributed by atoms with Crippen molar-refractivity contribution in [1.82, 2.24) is 18.7 Å². The van der Waals surface area contributed by atoms with Crippen LogP contribution in [0.4, 0.5) is 5.95 Å². The minimum Gasteiger partial charge on any atom is -0.338 e. The molecule has 1 aliphatic heterocycles. The number of hydrogen-bond donors (Lipinski definition) is 0. The molecule has 1 aromatic carbocycles. The predicted molar refractivity (Wildman–Crippen MR) is 97.1 cm³/mol. The topological polar surface area (TPSA) is 65.1 Å². The summed E-state index contributed by atoms with van der Waals surface area (Å²) in [7, 11) is 3.17. The lowest BCUT2D eigenvalue weighted by Gasteiger charge is -2.29. The summed E-state index contributed by atoms with van der Waals surface area (Å²) in [5.74, 6) is 0.766. The molecule has 7 nitrogen and oxygen atoms in total. The van der Waals surface area contributed by atoms with Gasteiger partial charge in [-0.15, -0.1) is 0 Å². The van der Waals surface area contributed by atoms with Gasteiger partial charge in [-0.25, -0.2) is 4.79 Å². The van der Waals surface area contributed by atoms with Crippen molar-refractivity contribution in [1.29, 1.82) is 0 Å². The van der Waals surface area contributed by atoms with Gasteiger partial charge in [0.25, 0.3) is 5.56 Å². The van der Waals surface area contributed by atoms with Gasteiger partial charge < -0.3 is 9.47 Å². The van der Waals surface area contributed by atoms with E-state index in [0.29, 0.717) is 11.2 Å². The highest BCUT2D eigenvalue weighted by molar-refractivity contribution is 5.74. The van der Waals surface area contributed by atoms with Crippen LogP contribution in [0.3, 0.4) is 0 Å². The number of fused-ring (bicyclic) bond motifs is 3. The normalized spacial score (nSPS) is 14.1.